The van der Waals surface area contributed by atoms with Crippen LogP contribution in [0.1, 0.15) is 26.9 Å². The van der Waals surface area contributed by atoms with Gasteiger partial charge in [0.15, 0.2) is 30.0 Å². The van der Waals surface area contributed by atoms with Gasteiger partial charge in [-0.2, -0.15) is 9.97 Å². The Morgan fingerprint density at radius 3 is 2.33 bits per heavy atom. The molecule has 0 unspecified atom stereocenters. The van der Waals surface area contributed by atoms with E-state index in [4.69, 9.17) is 31.5 Å². The van der Waals surface area contributed by atoms with Gasteiger partial charge in [0.25, 0.3) is 0 Å². The van der Waals surface area contributed by atoms with Gasteiger partial charge >= 0.3 is 11.9 Å². The lowest BCUT2D eigenvalue weighted by Crippen LogP contribution is -2.37. The first-order valence-electron chi connectivity index (χ1n) is 10.9. The number of esters is 2. The van der Waals surface area contributed by atoms with Crippen molar-refractivity contribution in [2.45, 2.75) is 24.6 Å². The summed E-state index contributed by atoms with van der Waals surface area (Å²) in [5, 5.41) is -0.157. The molecule has 0 spiro atoms. The molecular weight excluding hydrogens is 493 g/mol. The van der Waals surface area contributed by atoms with Gasteiger partial charge in [0.05, 0.1) is 17.5 Å². The van der Waals surface area contributed by atoms with Gasteiger partial charge in [-0.3, -0.25) is 4.57 Å². The van der Waals surface area contributed by atoms with Crippen LogP contribution in [0.15, 0.2) is 67.0 Å². The largest absolute Gasteiger partial charge is 0.459 e. The average molecular weight is 512 g/mol. The van der Waals surface area contributed by atoms with E-state index in [1.807, 2.05) is 0 Å². The lowest BCUT2D eigenvalue weighted by molar-refractivity contribution is -0.0570. The first-order chi connectivity index (χ1) is 17.4. The SMILES string of the molecule is Nc1nc(Cl)nc2c1ncn2[C@@H]1O[C@H](COC(=O)c2ccccc2)[C@@H](OC(=O)c2ccccc2)[C@@H]1F. The highest BCUT2D eigenvalue weighted by Crippen LogP contribution is 2.36. The zero-order valence-electron chi connectivity index (χ0n) is 18.5. The van der Waals surface area contributed by atoms with Crippen molar-refractivity contribution in [2.24, 2.45) is 0 Å². The Balaban J connectivity index is 1.42. The van der Waals surface area contributed by atoms with Crippen molar-refractivity contribution in [3.63, 3.8) is 0 Å². The highest BCUT2D eigenvalue weighted by molar-refractivity contribution is 6.28. The number of nitrogens with zero attached hydrogens (tertiary/aromatic N) is 4. The van der Waals surface area contributed by atoms with E-state index in [1.54, 1.807) is 60.7 Å². The Hall–Kier alpha value is -4.09. The molecule has 10 nitrogen and oxygen atoms in total. The number of hydrogen-bond donors (Lipinski definition) is 1. The van der Waals surface area contributed by atoms with Crippen LogP contribution in [-0.2, 0) is 14.2 Å². The van der Waals surface area contributed by atoms with Gasteiger partial charge in [-0.25, -0.2) is 19.0 Å². The minimum absolute atomic E-state index is 0.0116. The normalized spacial score (nSPS) is 21.4. The molecule has 3 heterocycles. The van der Waals surface area contributed by atoms with Gasteiger partial charge < -0.3 is 19.9 Å². The van der Waals surface area contributed by atoms with Crippen molar-refractivity contribution in [2.75, 3.05) is 12.3 Å². The average Bonchev–Trinajstić information content (AvgIpc) is 3.44. The summed E-state index contributed by atoms with van der Waals surface area (Å²) >= 11 is 5.93. The maximum Gasteiger partial charge on any atom is 0.338 e. The molecular formula is C24H19ClFN5O5. The van der Waals surface area contributed by atoms with E-state index < -0.39 is 36.5 Å². The second kappa shape index (κ2) is 9.88. The number of halogens is 2. The number of anilines is 1. The smallest absolute Gasteiger partial charge is 0.338 e. The third-order valence-corrected chi connectivity index (χ3v) is 5.77. The molecule has 36 heavy (non-hydrogen) atoms. The van der Waals surface area contributed by atoms with Crippen molar-refractivity contribution in [3.05, 3.63) is 83.4 Å². The van der Waals surface area contributed by atoms with Crippen LogP contribution in [0.3, 0.4) is 0 Å². The number of hydrogen-bond acceptors (Lipinski definition) is 9. The van der Waals surface area contributed by atoms with Crippen molar-refractivity contribution >= 4 is 40.5 Å². The third-order valence-electron chi connectivity index (χ3n) is 5.60. The summed E-state index contributed by atoms with van der Waals surface area (Å²) in [5.74, 6) is -1.37. The number of ether oxygens (including phenoxy) is 3. The number of nitrogen functional groups attached to an aromatic ring is 1. The van der Waals surface area contributed by atoms with Crippen molar-refractivity contribution in [3.8, 4) is 0 Å². The van der Waals surface area contributed by atoms with Crippen LogP contribution in [0.25, 0.3) is 11.2 Å². The van der Waals surface area contributed by atoms with Crippen LogP contribution in [-0.4, -0.2) is 56.4 Å². The van der Waals surface area contributed by atoms with Gasteiger partial charge in [-0.1, -0.05) is 36.4 Å². The van der Waals surface area contributed by atoms with E-state index >= 15 is 4.39 Å². The second-order valence-electron chi connectivity index (χ2n) is 7.91. The van der Waals surface area contributed by atoms with Gasteiger partial charge in [0.1, 0.15) is 18.2 Å². The summed E-state index contributed by atoms with van der Waals surface area (Å²) in [6.45, 7) is -0.373. The Morgan fingerprint density at radius 1 is 1.03 bits per heavy atom. The van der Waals surface area contributed by atoms with E-state index in [-0.39, 0.29) is 34.4 Å². The number of imidazole rings is 1. The highest BCUT2D eigenvalue weighted by atomic mass is 35.5. The molecule has 2 aromatic heterocycles. The van der Waals surface area contributed by atoms with E-state index in [2.05, 4.69) is 15.0 Å². The fourth-order valence-corrected chi connectivity index (χ4v) is 4.04. The lowest BCUT2D eigenvalue weighted by atomic mass is 10.1. The summed E-state index contributed by atoms with van der Waals surface area (Å²) < 4.78 is 33.9. The molecule has 0 amide bonds. The highest BCUT2D eigenvalue weighted by Gasteiger charge is 2.50. The molecule has 5 rings (SSSR count). The summed E-state index contributed by atoms with van der Waals surface area (Å²) in [7, 11) is 0. The molecule has 1 saturated heterocycles. The minimum atomic E-state index is -1.87. The second-order valence-corrected chi connectivity index (χ2v) is 8.25. The van der Waals surface area contributed by atoms with Gasteiger partial charge in [0.2, 0.25) is 5.28 Å². The molecule has 0 aliphatic carbocycles. The number of rotatable bonds is 6. The standard InChI is InChI=1S/C24H19ClFN5O5/c25-24-29-19(27)17-20(30-24)31(12-28-17)21-16(26)18(36-23(33)14-9-5-2-6-10-14)15(35-21)11-34-22(32)13-7-3-1-4-8-13/h1-10,12,15-16,18,21H,11H2,(H2,27,29,30)/t15-,16+,18-,21-/m1/s1. The molecule has 184 valence electrons. The monoisotopic (exact) mass is 511 g/mol. The zero-order chi connectivity index (χ0) is 25.2. The van der Waals surface area contributed by atoms with Crippen LogP contribution in [0.2, 0.25) is 5.28 Å². The van der Waals surface area contributed by atoms with Crippen molar-refractivity contribution in [1.29, 1.82) is 0 Å². The molecule has 0 bridgehead atoms. The number of aromatic nitrogens is 4. The zero-order valence-corrected chi connectivity index (χ0v) is 19.3. The van der Waals surface area contributed by atoms with Crippen molar-refractivity contribution in [1.82, 2.24) is 19.5 Å². The molecule has 0 radical (unpaired) electrons. The first-order valence-corrected chi connectivity index (χ1v) is 11.2. The molecule has 1 aliphatic heterocycles. The Morgan fingerprint density at radius 2 is 1.67 bits per heavy atom. The molecule has 4 aromatic rings. The number of benzene rings is 2. The summed E-state index contributed by atoms with van der Waals surface area (Å²) in [6, 6.07) is 16.4. The van der Waals surface area contributed by atoms with Gasteiger partial charge in [-0.05, 0) is 35.9 Å². The molecule has 2 N–H and O–H groups in total. The van der Waals surface area contributed by atoms with Crippen LogP contribution in [0, 0.1) is 0 Å². The van der Waals surface area contributed by atoms with Crippen molar-refractivity contribution < 1.29 is 28.2 Å². The van der Waals surface area contributed by atoms with Crippen LogP contribution < -0.4 is 5.73 Å². The van der Waals surface area contributed by atoms with Gasteiger partial charge in [-0.15, -0.1) is 0 Å². The fourth-order valence-electron chi connectivity index (χ4n) is 3.87. The molecule has 0 saturated carbocycles. The van der Waals surface area contributed by atoms with Gasteiger partial charge in [0, 0.05) is 0 Å². The number of fused-ring (bicyclic) bond motifs is 1. The molecule has 2 aromatic carbocycles. The Labute approximate surface area is 208 Å². The summed E-state index contributed by atoms with van der Waals surface area (Å²) in [6.07, 6.45) is -4.45. The molecule has 12 heteroatoms. The quantitative estimate of drug-likeness (QED) is 0.305. The van der Waals surface area contributed by atoms with Crippen LogP contribution >= 0.6 is 11.6 Å². The fraction of sp³-hybridized carbons (Fsp3) is 0.208. The first kappa shape index (κ1) is 23.6. The number of carbonyl (C=O) groups is 2. The number of alkyl halides is 1. The topological polar surface area (TPSA) is 131 Å². The van der Waals surface area contributed by atoms with E-state index in [9.17, 15) is 9.59 Å². The molecule has 4 atom stereocenters. The van der Waals surface area contributed by atoms with Crippen LogP contribution in [0.5, 0.6) is 0 Å². The predicted molar refractivity (Wildman–Crippen MR) is 126 cm³/mol. The summed E-state index contributed by atoms with van der Waals surface area (Å²) in [4.78, 5) is 37.2. The molecule has 1 fully saturated rings. The summed E-state index contributed by atoms with van der Waals surface area (Å²) in [5.41, 5.74) is 6.73. The van der Waals surface area contributed by atoms with Crippen LogP contribution in [0.4, 0.5) is 10.2 Å². The third kappa shape index (κ3) is 4.58. The lowest BCUT2D eigenvalue weighted by Gasteiger charge is -2.19. The maximum atomic E-state index is 15.8. The van der Waals surface area contributed by atoms with E-state index in [0.29, 0.717) is 5.56 Å². The predicted octanol–water partition coefficient (Wildman–Crippen LogP) is 3.38. The maximum absolute atomic E-state index is 15.8. The number of carbonyl (C=O) groups excluding carboxylic acids is 2. The Bertz CT molecular complexity index is 1400. The molecule has 1 aliphatic rings. The van der Waals surface area contributed by atoms with E-state index in [1.165, 1.54) is 10.9 Å². The Kier molecular flexibility index (Phi) is 6.49. The minimum Gasteiger partial charge on any atom is -0.459 e. The number of nitrogens with two attached hydrogens (primary N) is 1. The van der Waals surface area contributed by atoms with E-state index in [0.717, 1.165) is 0 Å².